The van der Waals surface area contributed by atoms with Crippen LogP contribution in [0.3, 0.4) is 0 Å². The Morgan fingerprint density at radius 1 is 0.614 bits per heavy atom. The maximum absolute atomic E-state index is 15.1. The average molecular weight is 1210 g/mol. The molecule has 3 amide bonds. The number of quaternary nitrogens is 1. The second-order valence-electron chi connectivity index (χ2n) is 17.8. The summed E-state index contributed by atoms with van der Waals surface area (Å²) in [5, 5.41) is 28.4. The van der Waals surface area contributed by atoms with E-state index in [1.165, 1.54) is 36.2 Å². The van der Waals surface area contributed by atoms with Gasteiger partial charge in [0.1, 0.15) is 57.5 Å². The molecular formula is C47H54F14N12O10. The first-order chi connectivity index (χ1) is 38.4. The van der Waals surface area contributed by atoms with Crippen LogP contribution in [0, 0.1) is 11.6 Å². The van der Waals surface area contributed by atoms with Crippen LogP contribution in [0.1, 0.15) is 66.5 Å². The van der Waals surface area contributed by atoms with Gasteiger partial charge in [0, 0.05) is 63.8 Å². The topological polar surface area (TPSA) is 282 Å². The summed E-state index contributed by atoms with van der Waals surface area (Å²) in [6, 6.07) is 4.47. The van der Waals surface area contributed by atoms with Gasteiger partial charge in [-0.05, 0) is 46.8 Å². The predicted octanol–water partition coefficient (Wildman–Crippen LogP) is 6.28. The first kappa shape index (κ1) is 68.8. The zero-order valence-electron chi connectivity index (χ0n) is 44.7. The van der Waals surface area contributed by atoms with E-state index in [4.69, 9.17) is 34.0 Å². The quantitative estimate of drug-likeness (QED) is 0.0851. The van der Waals surface area contributed by atoms with E-state index in [-0.39, 0.29) is 85.2 Å². The number of hydrogen-bond acceptors (Lipinski definition) is 17. The van der Waals surface area contributed by atoms with Crippen molar-refractivity contribution in [1.29, 1.82) is 0 Å². The first-order valence-corrected chi connectivity index (χ1v) is 24.0. The Morgan fingerprint density at radius 3 is 1.27 bits per heavy atom. The van der Waals surface area contributed by atoms with Crippen molar-refractivity contribution in [3.05, 3.63) is 70.5 Å². The zero-order chi connectivity index (χ0) is 63.0. The summed E-state index contributed by atoms with van der Waals surface area (Å²) >= 11 is 0. The van der Waals surface area contributed by atoms with Crippen LogP contribution in [-0.4, -0.2) is 167 Å². The Balaban J connectivity index is 0.000000357. The molecule has 0 saturated carbocycles. The number of benzene rings is 2. The van der Waals surface area contributed by atoms with Crippen LogP contribution in [0.25, 0.3) is 0 Å². The van der Waals surface area contributed by atoms with Crippen LogP contribution in [0.5, 0.6) is 11.5 Å². The fourth-order valence-electron chi connectivity index (χ4n) is 6.82. The number of carbonyl (C=O) groups is 5. The number of amides is 3. The molecule has 4 heterocycles. The van der Waals surface area contributed by atoms with Crippen molar-refractivity contribution < 1.29 is 115 Å². The monoisotopic (exact) mass is 1210 g/mol. The summed E-state index contributed by atoms with van der Waals surface area (Å²) in [6.45, 7) is 12.2. The Labute approximate surface area is 461 Å². The molecular weight excluding hydrogens is 1160 g/mol. The highest BCUT2D eigenvalue weighted by atomic mass is 19.4. The van der Waals surface area contributed by atoms with Crippen molar-refractivity contribution in [3.8, 4) is 11.5 Å². The summed E-state index contributed by atoms with van der Waals surface area (Å²) in [6.07, 6.45) is -18.8. The maximum atomic E-state index is 15.1. The second-order valence-corrected chi connectivity index (χ2v) is 17.8. The van der Waals surface area contributed by atoms with Gasteiger partial charge in [-0.15, -0.1) is 0 Å². The van der Waals surface area contributed by atoms with E-state index in [1.54, 1.807) is 39.5 Å². The van der Waals surface area contributed by atoms with Gasteiger partial charge >= 0.3 is 36.8 Å². The van der Waals surface area contributed by atoms with Crippen molar-refractivity contribution in [2.75, 3.05) is 101 Å². The number of aliphatic carboxylic acids is 2. The Morgan fingerprint density at radius 2 is 0.964 bits per heavy atom. The number of halogens is 14. The average Bonchev–Trinajstić information content (AvgIpc) is 3.47. The summed E-state index contributed by atoms with van der Waals surface area (Å²) in [7, 11) is 2.63. The number of nitrogens with two attached hydrogens (primary N) is 1. The number of carboxylic acid groups (broad SMARTS) is 2. The lowest BCUT2D eigenvalue weighted by Crippen LogP contribution is -2.89. The van der Waals surface area contributed by atoms with Crippen LogP contribution in [0.4, 0.5) is 101 Å². The molecule has 0 aliphatic carbocycles. The van der Waals surface area contributed by atoms with Crippen LogP contribution in [-0.2, 0) is 26.7 Å². The van der Waals surface area contributed by atoms with Crippen LogP contribution in [0.2, 0.25) is 0 Å². The minimum atomic E-state index is -5.19. The largest absolute Gasteiger partial charge is 0.542 e. The summed E-state index contributed by atoms with van der Waals surface area (Å²) in [4.78, 5) is 75.2. The molecule has 0 atom stereocenters. The number of nitrogens with one attached hydrogen (secondary N) is 4. The highest BCUT2D eigenvalue weighted by Crippen LogP contribution is 2.37. The van der Waals surface area contributed by atoms with Gasteiger partial charge < -0.3 is 70.5 Å². The molecule has 0 unspecified atom stereocenters. The molecule has 2 aromatic carbocycles. The van der Waals surface area contributed by atoms with Crippen molar-refractivity contribution in [2.45, 2.75) is 64.9 Å². The Bertz CT molecular complexity index is 2870. The Kier molecular flexibility index (Phi) is 24.0. The third-order valence-electron chi connectivity index (χ3n) is 10.6. The van der Waals surface area contributed by atoms with Gasteiger partial charge in [-0.1, -0.05) is 0 Å². The number of alkyl halides is 12. The second kappa shape index (κ2) is 29.0. The van der Waals surface area contributed by atoms with Crippen LogP contribution < -0.4 is 41.2 Å². The van der Waals surface area contributed by atoms with E-state index >= 15 is 4.39 Å². The van der Waals surface area contributed by atoms with E-state index in [9.17, 15) is 71.5 Å². The lowest BCUT2D eigenvalue weighted by molar-refractivity contribution is -0.661. The van der Waals surface area contributed by atoms with Crippen molar-refractivity contribution in [3.63, 3.8) is 0 Å². The number of anilines is 6. The third-order valence-corrected chi connectivity index (χ3v) is 10.6. The molecule has 4 aromatic rings. The molecule has 2 saturated heterocycles. The molecule has 2 aromatic heterocycles. The minimum absolute atomic E-state index is 0.0125. The van der Waals surface area contributed by atoms with E-state index in [2.05, 4.69) is 46.5 Å². The molecule has 2 aliphatic heterocycles. The molecule has 7 N–H and O–H groups in total. The zero-order valence-corrected chi connectivity index (χ0v) is 44.7. The number of carbonyl (C=O) groups excluding carboxylic acids is 4. The maximum Gasteiger partial charge on any atom is 0.490 e. The predicted molar refractivity (Wildman–Crippen MR) is 261 cm³/mol. The number of carboxylic acids is 2. The van der Waals surface area contributed by atoms with Crippen molar-refractivity contribution in [1.82, 2.24) is 34.6 Å². The van der Waals surface area contributed by atoms with E-state index < -0.39 is 94.5 Å². The summed E-state index contributed by atoms with van der Waals surface area (Å²) in [5.41, 5.74) is -3.04. The van der Waals surface area contributed by atoms with Crippen molar-refractivity contribution in [2.24, 2.45) is 0 Å². The molecule has 460 valence electrons. The molecule has 2 aliphatic rings. The van der Waals surface area contributed by atoms with Gasteiger partial charge in [0.2, 0.25) is 11.9 Å². The standard InChI is InChI=1S/C24H30F4N6O4.C19H22F4N6O2.2C2HF3O2/c1-6-29-19-15(24(26,27)28)13-30-21(32-19)31-17-12-16(25)14(11-18(17)37-5)20(35)33-7-9-34(10-8-33)22(36)38-23(2,3)4;1-3-25-16-12(19(21,22)23)10-26-18(28-16)27-14-9-13(20)11(8-15(14)31-2)17(30)29-6-4-24-5-7-29;2*3-2(4,5)1(6)7/h11-13H,6-10H2,1-5H3,(H2,29,30,31,32);8-10,24H,3-7H2,1-2H3,(H2,25,26,27,28);2*(H,6,7). The van der Waals surface area contributed by atoms with Gasteiger partial charge in [0.05, 0.1) is 62.9 Å². The molecule has 0 spiro atoms. The molecule has 83 heavy (non-hydrogen) atoms. The third kappa shape index (κ3) is 20.8. The minimum Gasteiger partial charge on any atom is -0.542 e. The lowest BCUT2D eigenvalue weighted by Gasteiger charge is -2.35. The molecule has 0 radical (unpaired) electrons. The van der Waals surface area contributed by atoms with Crippen molar-refractivity contribution >= 4 is 64.8 Å². The van der Waals surface area contributed by atoms with Gasteiger partial charge in [-0.25, -0.2) is 28.3 Å². The normalized spacial score (nSPS) is 13.8. The summed E-state index contributed by atoms with van der Waals surface area (Å²) in [5.74, 6) is -9.57. The highest BCUT2D eigenvalue weighted by Gasteiger charge is 2.39. The van der Waals surface area contributed by atoms with Gasteiger partial charge in [0.25, 0.3) is 11.8 Å². The van der Waals surface area contributed by atoms with Gasteiger partial charge in [-0.2, -0.15) is 62.7 Å². The van der Waals surface area contributed by atoms with Gasteiger partial charge in [-0.3, -0.25) is 9.59 Å². The molecule has 6 rings (SSSR count). The number of aromatic nitrogens is 4. The Hall–Kier alpha value is -8.47. The number of ether oxygens (including phenoxy) is 3. The number of rotatable bonds is 12. The smallest absolute Gasteiger partial charge is 0.490 e. The SMILES string of the molecule is CCNc1nc(Nc2cc(F)c(C(=O)N3CCN(C(=O)OC(C)(C)C)CC3)cc2OC)ncc1C(F)(F)F.CCNc1nc(Nc2cc(F)c(C(=O)N3CC[NH2+]CC3)cc2OC)ncc1C(F)(F)F.O=C(O)C(F)(F)F.O=C([O-])C(F)(F)F. The number of hydrogen-bond donors (Lipinski definition) is 6. The fourth-order valence-corrected chi connectivity index (χ4v) is 6.82. The van der Waals surface area contributed by atoms with Crippen LogP contribution >= 0.6 is 0 Å². The highest BCUT2D eigenvalue weighted by molar-refractivity contribution is 5.96. The summed E-state index contributed by atoms with van der Waals surface area (Å²) < 4.78 is 188. The number of nitrogens with zero attached hydrogens (tertiary/aromatic N) is 7. The van der Waals surface area contributed by atoms with E-state index in [0.29, 0.717) is 25.5 Å². The fraction of sp³-hybridized carbons (Fsp3) is 0.468. The van der Waals surface area contributed by atoms with E-state index in [0.717, 1.165) is 25.2 Å². The molecule has 0 bridgehead atoms. The first-order valence-electron chi connectivity index (χ1n) is 24.0. The van der Waals surface area contributed by atoms with E-state index in [1.807, 2.05) is 0 Å². The molecule has 36 heteroatoms. The number of methoxy groups -OCH3 is 2. The number of piperazine rings is 2. The molecule has 22 nitrogen and oxygen atoms in total. The van der Waals surface area contributed by atoms with Crippen LogP contribution in [0.15, 0.2) is 36.7 Å². The molecule has 2 fully saturated rings. The van der Waals surface area contributed by atoms with Gasteiger partial charge in [0.15, 0.2) is 0 Å². The lowest BCUT2D eigenvalue weighted by atomic mass is 10.1.